The summed E-state index contributed by atoms with van der Waals surface area (Å²) < 4.78 is 39.3. The maximum atomic E-state index is 13.3. The van der Waals surface area contributed by atoms with E-state index in [2.05, 4.69) is 0 Å². The van der Waals surface area contributed by atoms with Gasteiger partial charge in [-0.25, -0.2) is 4.39 Å². The van der Waals surface area contributed by atoms with E-state index >= 15 is 0 Å². The second-order valence-corrected chi connectivity index (χ2v) is 3.43. The van der Waals surface area contributed by atoms with Crippen LogP contribution < -0.4 is 0 Å². The van der Waals surface area contributed by atoms with Crippen molar-refractivity contribution in [3.05, 3.63) is 34.6 Å². The molecule has 0 aromatic heterocycles. The van der Waals surface area contributed by atoms with Crippen LogP contribution in [0.3, 0.4) is 0 Å². The molecule has 0 bridgehead atoms. The second-order valence-electron chi connectivity index (χ2n) is 2.76. The third-order valence-corrected chi connectivity index (χ3v) is 2.31. The lowest BCUT2D eigenvalue weighted by Gasteiger charge is -2.15. The summed E-state index contributed by atoms with van der Waals surface area (Å²) in [5.74, 6) is -7.13. The molecule has 1 aromatic rings. The highest BCUT2D eigenvalue weighted by atomic mass is 35.5. The molecule has 0 radical (unpaired) electrons. The summed E-state index contributed by atoms with van der Waals surface area (Å²) in [5.41, 5.74) is -0.866. The fraction of sp³-hybridized carbons (Fsp3) is 0.222. The first-order chi connectivity index (χ1) is 6.89. The molecule has 0 spiro atoms. The Hall–Kier alpha value is -0.740. The normalized spacial score (nSPS) is 11.5. The molecule has 0 aliphatic rings. The first-order valence-electron chi connectivity index (χ1n) is 3.82. The summed E-state index contributed by atoms with van der Waals surface area (Å²) in [6.07, 6.45) is 0. The van der Waals surface area contributed by atoms with Gasteiger partial charge in [-0.3, -0.25) is 4.79 Å². The van der Waals surface area contributed by atoms with Crippen LogP contribution in [0.15, 0.2) is 18.2 Å². The van der Waals surface area contributed by atoms with Gasteiger partial charge in [-0.05, 0) is 18.2 Å². The minimum absolute atomic E-state index is 0.375. The molecule has 0 fully saturated rings. The summed E-state index contributed by atoms with van der Waals surface area (Å²) in [7, 11) is 0. The van der Waals surface area contributed by atoms with Gasteiger partial charge in [0.1, 0.15) is 5.82 Å². The van der Waals surface area contributed by atoms with Gasteiger partial charge in [-0.1, -0.05) is 11.6 Å². The van der Waals surface area contributed by atoms with Crippen LogP contribution in [-0.2, 0) is 10.7 Å². The fourth-order valence-electron chi connectivity index (χ4n) is 0.972. The molecule has 0 atom stereocenters. The van der Waals surface area contributed by atoms with E-state index in [4.69, 9.17) is 23.2 Å². The Kier molecular flexibility index (Phi) is 3.62. The summed E-state index contributed by atoms with van der Waals surface area (Å²) >= 11 is 10.5. The molecule has 0 N–H and O–H groups in total. The molecular formula is C9H5Cl2F3O. The van der Waals surface area contributed by atoms with Gasteiger partial charge in [-0.15, -0.1) is 11.6 Å². The number of ketones is 1. The summed E-state index contributed by atoms with van der Waals surface area (Å²) in [4.78, 5) is 10.8. The molecule has 0 unspecified atom stereocenters. The Morgan fingerprint density at radius 3 is 2.53 bits per heavy atom. The average molecular weight is 257 g/mol. The third kappa shape index (κ3) is 2.44. The molecule has 0 saturated carbocycles. The van der Waals surface area contributed by atoms with Crippen molar-refractivity contribution < 1.29 is 18.0 Å². The molecule has 0 saturated heterocycles. The summed E-state index contributed by atoms with van der Waals surface area (Å²) in [6.45, 7) is 0. The van der Waals surface area contributed by atoms with Crippen molar-refractivity contribution >= 4 is 29.0 Å². The van der Waals surface area contributed by atoms with E-state index in [1.165, 1.54) is 0 Å². The van der Waals surface area contributed by atoms with Crippen molar-refractivity contribution in [1.29, 1.82) is 0 Å². The number of hydrogen-bond acceptors (Lipinski definition) is 1. The molecule has 1 rings (SSSR count). The summed E-state index contributed by atoms with van der Waals surface area (Å²) in [5, 5.41) is -0.375. The SMILES string of the molecule is O=C(CCl)C(F)(F)c1cc(F)ccc1Cl. The predicted molar refractivity (Wildman–Crippen MR) is 51.0 cm³/mol. The highest BCUT2D eigenvalue weighted by Crippen LogP contribution is 2.34. The number of halogens is 5. The minimum Gasteiger partial charge on any atom is -0.291 e. The number of alkyl halides is 3. The van der Waals surface area contributed by atoms with E-state index in [-0.39, 0.29) is 5.02 Å². The number of rotatable bonds is 3. The highest BCUT2D eigenvalue weighted by molar-refractivity contribution is 6.32. The Morgan fingerprint density at radius 1 is 1.40 bits per heavy atom. The second kappa shape index (κ2) is 4.41. The van der Waals surface area contributed by atoms with Crippen LogP contribution in [0.25, 0.3) is 0 Å². The van der Waals surface area contributed by atoms with Crippen LogP contribution in [-0.4, -0.2) is 11.7 Å². The van der Waals surface area contributed by atoms with Gasteiger partial charge < -0.3 is 0 Å². The Labute approximate surface area is 93.8 Å². The van der Waals surface area contributed by atoms with E-state index in [1.54, 1.807) is 0 Å². The number of benzene rings is 1. The van der Waals surface area contributed by atoms with E-state index in [0.29, 0.717) is 6.07 Å². The van der Waals surface area contributed by atoms with E-state index < -0.39 is 29.0 Å². The quantitative estimate of drug-likeness (QED) is 0.758. The van der Waals surface area contributed by atoms with Crippen LogP contribution in [0.1, 0.15) is 5.56 Å². The Bertz CT molecular complexity index is 393. The van der Waals surface area contributed by atoms with Crippen molar-refractivity contribution in [2.24, 2.45) is 0 Å². The van der Waals surface area contributed by atoms with Crippen molar-refractivity contribution in [2.45, 2.75) is 5.92 Å². The summed E-state index contributed by atoms with van der Waals surface area (Å²) in [6, 6.07) is 2.40. The lowest BCUT2D eigenvalue weighted by atomic mass is 10.1. The van der Waals surface area contributed by atoms with Crippen LogP contribution in [0.4, 0.5) is 13.2 Å². The molecule has 6 heteroatoms. The van der Waals surface area contributed by atoms with Gasteiger partial charge in [0.25, 0.3) is 0 Å². The fourth-order valence-corrected chi connectivity index (χ4v) is 1.38. The molecule has 0 amide bonds. The van der Waals surface area contributed by atoms with Gasteiger partial charge in [0, 0.05) is 0 Å². The number of Topliss-reactive ketones (excluding diaryl/α,β-unsaturated/α-hetero) is 1. The molecule has 0 aliphatic carbocycles. The molecule has 15 heavy (non-hydrogen) atoms. The largest absolute Gasteiger partial charge is 0.333 e. The van der Waals surface area contributed by atoms with Crippen LogP contribution in [0, 0.1) is 5.82 Å². The smallest absolute Gasteiger partial charge is 0.291 e. The minimum atomic E-state index is -3.86. The standard InChI is InChI=1S/C9H5Cl2F3O/c10-4-8(15)9(13,14)6-3-5(12)1-2-7(6)11/h1-3H,4H2. The zero-order valence-electron chi connectivity index (χ0n) is 7.24. The topological polar surface area (TPSA) is 17.1 Å². The first-order valence-corrected chi connectivity index (χ1v) is 4.73. The zero-order valence-corrected chi connectivity index (χ0v) is 8.75. The Morgan fingerprint density at radius 2 is 2.00 bits per heavy atom. The molecule has 1 nitrogen and oxygen atoms in total. The van der Waals surface area contributed by atoms with Gasteiger partial charge in [-0.2, -0.15) is 8.78 Å². The molecule has 1 aromatic carbocycles. The van der Waals surface area contributed by atoms with Gasteiger partial charge in [0.05, 0.1) is 16.5 Å². The van der Waals surface area contributed by atoms with E-state index in [1.807, 2.05) is 0 Å². The monoisotopic (exact) mass is 256 g/mol. The lowest BCUT2D eigenvalue weighted by molar-refractivity contribution is -0.141. The number of hydrogen-bond donors (Lipinski definition) is 0. The zero-order chi connectivity index (χ0) is 11.6. The van der Waals surface area contributed by atoms with Crippen LogP contribution >= 0.6 is 23.2 Å². The third-order valence-electron chi connectivity index (χ3n) is 1.74. The van der Waals surface area contributed by atoms with Gasteiger partial charge in [0.15, 0.2) is 0 Å². The van der Waals surface area contributed by atoms with Crippen molar-refractivity contribution in [1.82, 2.24) is 0 Å². The highest BCUT2D eigenvalue weighted by Gasteiger charge is 2.41. The van der Waals surface area contributed by atoms with Crippen molar-refractivity contribution in [3.63, 3.8) is 0 Å². The van der Waals surface area contributed by atoms with Crippen LogP contribution in [0.2, 0.25) is 5.02 Å². The lowest BCUT2D eigenvalue weighted by Crippen LogP contribution is -2.27. The predicted octanol–water partition coefficient (Wildman–Crippen LogP) is 3.38. The van der Waals surface area contributed by atoms with Gasteiger partial charge in [0.2, 0.25) is 5.78 Å². The molecular weight excluding hydrogens is 252 g/mol. The average Bonchev–Trinajstić information content (AvgIpc) is 2.20. The van der Waals surface area contributed by atoms with E-state index in [9.17, 15) is 18.0 Å². The first kappa shape index (κ1) is 12.3. The molecule has 0 heterocycles. The van der Waals surface area contributed by atoms with Crippen molar-refractivity contribution in [2.75, 3.05) is 5.88 Å². The maximum absolute atomic E-state index is 13.3. The van der Waals surface area contributed by atoms with Crippen LogP contribution in [0.5, 0.6) is 0 Å². The molecule has 0 aliphatic heterocycles. The molecule has 82 valence electrons. The maximum Gasteiger partial charge on any atom is 0.333 e. The number of carbonyl (C=O) groups is 1. The van der Waals surface area contributed by atoms with Crippen molar-refractivity contribution in [3.8, 4) is 0 Å². The number of carbonyl (C=O) groups excluding carboxylic acids is 1. The van der Waals surface area contributed by atoms with Gasteiger partial charge >= 0.3 is 5.92 Å². The Balaban J connectivity index is 3.25. The van der Waals surface area contributed by atoms with E-state index in [0.717, 1.165) is 12.1 Å².